The van der Waals surface area contributed by atoms with Crippen LogP contribution in [0.5, 0.6) is 5.75 Å². The minimum absolute atomic E-state index is 0.134. The molecule has 1 saturated heterocycles. The molecule has 1 aromatic rings. The number of ether oxygens (including phenoxy) is 1. The molecule has 20 heavy (non-hydrogen) atoms. The van der Waals surface area contributed by atoms with Crippen LogP contribution in [0.2, 0.25) is 0 Å². The molecule has 0 saturated carbocycles. The van der Waals surface area contributed by atoms with Crippen molar-refractivity contribution in [2.45, 2.75) is 39.7 Å². The summed E-state index contributed by atoms with van der Waals surface area (Å²) in [5.74, 6) is 2.06. The van der Waals surface area contributed by atoms with E-state index >= 15 is 0 Å². The number of rotatable bonds is 4. The third-order valence-electron chi connectivity index (χ3n) is 3.85. The van der Waals surface area contributed by atoms with Crippen molar-refractivity contribution in [2.24, 2.45) is 11.8 Å². The maximum absolute atomic E-state index is 12.6. The Hall–Kier alpha value is -1.51. The van der Waals surface area contributed by atoms with Crippen LogP contribution in [0.3, 0.4) is 0 Å². The quantitative estimate of drug-likeness (QED) is 0.843. The summed E-state index contributed by atoms with van der Waals surface area (Å²) in [6, 6.07) is 9.60. The van der Waals surface area contributed by atoms with Crippen LogP contribution in [0.1, 0.15) is 33.6 Å². The van der Waals surface area contributed by atoms with E-state index in [-0.39, 0.29) is 12.0 Å². The number of carbonyl (C=O) groups is 1. The molecule has 3 atom stereocenters. The maximum Gasteiger partial charge on any atom is 0.263 e. The molecule has 0 N–H and O–H groups in total. The molecule has 1 aliphatic heterocycles. The lowest BCUT2D eigenvalue weighted by atomic mass is 9.91. The van der Waals surface area contributed by atoms with Gasteiger partial charge in [0.1, 0.15) is 5.75 Å². The summed E-state index contributed by atoms with van der Waals surface area (Å²) in [6.07, 6.45) is 1.54. The zero-order valence-corrected chi connectivity index (χ0v) is 12.7. The Morgan fingerprint density at radius 2 is 1.85 bits per heavy atom. The van der Waals surface area contributed by atoms with Crippen LogP contribution < -0.4 is 4.74 Å². The number of hydrogen-bond acceptors (Lipinski definition) is 2. The van der Waals surface area contributed by atoms with Crippen LogP contribution >= 0.6 is 0 Å². The van der Waals surface area contributed by atoms with Crippen molar-refractivity contribution in [3.8, 4) is 5.75 Å². The van der Waals surface area contributed by atoms with Gasteiger partial charge in [0.25, 0.3) is 5.91 Å². The standard InChI is InChI=1S/C17H25NO2/c1-4-16(20-15-8-6-5-7-9-15)17(19)18-11-13(2)10-14(3)12-18/h5-9,13-14,16H,4,10-12H2,1-3H3/t13-,14-,16+/m0/s1. The lowest BCUT2D eigenvalue weighted by Crippen LogP contribution is -2.48. The van der Waals surface area contributed by atoms with Gasteiger partial charge in [0.2, 0.25) is 0 Å². The van der Waals surface area contributed by atoms with Gasteiger partial charge in [0.15, 0.2) is 6.10 Å². The first-order chi connectivity index (χ1) is 9.60. The van der Waals surface area contributed by atoms with Gasteiger partial charge < -0.3 is 9.64 Å². The molecule has 1 fully saturated rings. The number of amides is 1. The number of benzene rings is 1. The summed E-state index contributed by atoms with van der Waals surface area (Å²) >= 11 is 0. The number of para-hydroxylation sites is 1. The fourth-order valence-corrected chi connectivity index (χ4v) is 3.02. The van der Waals surface area contributed by atoms with Crippen molar-refractivity contribution in [2.75, 3.05) is 13.1 Å². The minimum atomic E-state index is -0.366. The predicted molar refractivity (Wildman–Crippen MR) is 80.7 cm³/mol. The van der Waals surface area contributed by atoms with Gasteiger partial charge in [-0.15, -0.1) is 0 Å². The Kier molecular flexibility index (Phi) is 5.05. The second-order valence-corrected chi connectivity index (χ2v) is 6.02. The maximum atomic E-state index is 12.6. The number of carbonyl (C=O) groups excluding carboxylic acids is 1. The lowest BCUT2D eigenvalue weighted by molar-refractivity contribution is -0.141. The molecule has 0 spiro atoms. The summed E-state index contributed by atoms with van der Waals surface area (Å²) in [5.41, 5.74) is 0. The molecule has 0 aromatic heterocycles. The molecule has 1 heterocycles. The molecule has 0 bridgehead atoms. The molecule has 0 radical (unpaired) electrons. The molecule has 1 aliphatic rings. The SMILES string of the molecule is CC[C@@H](Oc1ccccc1)C(=O)N1C[C@@H](C)C[C@H](C)C1. The van der Waals surface area contributed by atoms with Gasteiger partial charge in [-0.3, -0.25) is 4.79 Å². The van der Waals surface area contributed by atoms with E-state index in [2.05, 4.69) is 13.8 Å². The van der Waals surface area contributed by atoms with Crippen molar-refractivity contribution >= 4 is 5.91 Å². The van der Waals surface area contributed by atoms with E-state index in [4.69, 9.17) is 4.74 Å². The number of hydrogen-bond donors (Lipinski definition) is 0. The summed E-state index contributed by atoms with van der Waals surface area (Å²) in [6.45, 7) is 8.15. The van der Waals surface area contributed by atoms with E-state index in [1.807, 2.05) is 42.2 Å². The van der Waals surface area contributed by atoms with Crippen LogP contribution in [0.15, 0.2) is 30.3 Å². The van der Waals surface area contributed by atoms with Gasteiger partial charge in [-0.25, -0.2) is 0 Å². The van der Waals surface area contributed by atoms with Crippen molar-refractivity contribution in [1.82, 2.24) is 4.90 Å². The van der Waals surface area contributed by atoms with E-state index in [9.17, 15) is 4.79 Å². The number of likely N-dealkylation sites (tertiary alicyclic amines) is 1. The highest BCUT2D eigenvalue weighted by Gasteiger charge is 2.30. The normalized spacial score (nSPS) is 24.2. The Morgan fingerprint density at radius 3 is 2.40 bits per heavy atom. The average Bonchev–Trinajstić information content (AvgIpc) is 2.44. The molecule has 110 valence electrons. The summed E-state index contributed by atoms with van der Waals surface area (Å²) < 4.78 is 5.86. The first-order valence-electron chi connectivity index (χ1n) is 7.60. The number of piperidine rings is 1. The fraction of sp³-hybridized carbons (Fsp3) is 0.588. The van der Waals surface area contributed by atoms with E-state index in [1.54, 1.807) is 0 Å². The third kappa shape index (κ3) is 3.75. The molecule has 2 rings (SSSR count). The second kappa shape index (κ2) is 6.78. The zero-order chi connectivity index (χ0) is 14.5. The lowest BCUT2D eigenvalue weighted by Gasteiger charge is -2.36. The predicted octanol–water partition coefficient (Wildman–Crippen LogP) is 3.35. The van der Waals surface area contributed by atoms with E-state index in [0.717, 1.165) is 18.8 Å². The Balaban J connectivity index is 2.01. The molecule has 3 heteroatoms. The van der Waals surface area contributed by atoms with Gasteiger partial charge in [0.05, 0.1) is 0 Å². The van der Waals surface area contributed by atoms with Crippen molar-refractivity contribution in [1.29, 1.82) is 0 Å². The van der Waals surface area contributed by atoms with Crippen molar-refractivity contribution in [3.05, 3.63) is 30.3 Å². The van der Waals surface area contributed by atoms with Crippen molar-refractivity contribution in [3.63, 3.8) is 0 Å². The highest BCUT2D eigenvalue weighted by atomic mass is 16.5. The smallest absolute Gasteiger partial charge is 0.263 e. The largest absolute Gasteiger partial charge is 0.481 e. The Bertz CT molecular complexity index is 422. The monoisotopic (exact) mass is 275 g/mol. The van der Waals surface area contributed by atoms with E-state index in [0.29, 0.717) is 18.3 Å². The van der Waals surface area contributed by atoms with Gasteiger partial charge in [0, 0.05) is 13.1 Å². The van der Waals surface area contributed by atoms with E-state index < -0.39 is 0 Å². The second-order valence-electron chi connectivity index (χ2n) is 6.02. The van der Waals surface area contributed by atoms with Crippen LogP contribution in [0, 0.1) is 11.8 Å². The molecule has 1 amide bonds. The summed E-state index contributed by atoms with van der Waals surface area (Å²) in [4.78, 5) is 14.6. The number of nitrogens with zero attached hydrogens (tertiary/aromatic N) is 1. The van der Waals surface area contributed by atoms with E-state index in [1.165, 1.54) is 6.42 Å². The van der Waals surface area contributed by atoms with Crippen LogP contribution in [-0.4, -0.2) is 30.0 Å². The molecule has 0 aliphatic carbocycles. The molecule has 3 nitrogen and oxygen atoms in total. The zero-order valence-electron chi connectivity index (χ0n) is 12.7. The average molecular weight is 275 g/mol. The highest BCUT2D eigenvalue weighted by Crippen LogP contribution is 2.23. The van der Waals surface area contributed by atoms with Crippen LogP contribution in [0.4, 0.5) is 0 Å². The first-order valence-corrected chi connectivity index (χ1v) is 7.60. The van der Waals surface area contributed by atoms with Crippen molar-refractivity contribution < 1.29 is 9.53 Å². The first kappa shape index (κ1) is 14.9. The van der Waals surface area contributed by atoms with Gasteiger partial charge >= 0.3 is 0 Å². The fourth-order valence-electron chi connectivity index (χ4n) is 3.02. The third-order valence-corrected chi connectivity index (χ3v) is 3.85. The summed E-state index contributed by atoms with van der Waals surface area (Å²) in [5, 5.41) is 0. The Labute approximate surface area is 121 Å². The van der Waals surface area contributed by atoms with Gasteiger partial charge in [-0.05, 0) is 36.8 Å². The minimum Gasteiger partial charge on any atom is -0.481 e. The Morgan fingerprint density at radius 1 is 1.25 bits per heavy atom. The highest BCUT2D eigenvalue weighted by molar-refractivity contribution is 5.81. The summed E-state index contributed by atoms with van der Waals surface area (Å²) in [7, 11) is 0. The topological polar surface area (TPSA) is 29.5 Å². The molecular formula is C17H25NO2. The van der Waals surface area contributed by atoms with Crippen LogP contribution in [0.25, 0.3) is 0 Å². The van der Waals surface area contributed by atoms with Gasteiger partial charge in [-0.2, -0.15) is 0 Å². The molecule has 0 unspecified atom stereocenters. The van der Waals surface area contributed by atoms with Crippen LogP contribution in [-0.2, 0) is 4.79 Å². The molecular weight excluding hydrogens is 250 g/mol. The van der Waals surface area contributed by atoms with Gasteiger partial charge in [-0.1, -0.05) is 39.0 Å². The molecule has 1 aromatic carbocycles.